The molecule has 0 amide bonds. The van der Waals surface area contributed by atoms with E-state index in [1.807, 2.05) is 24.3 Å². The molecule has 23 heavy (non-hydrogen) atoms. The lowest BCUT2D eigenvalue weighted by atomic mass is 9.97. The molecule has 1 aliphatic carbocycles. The van der Waals surface area contributed by atoms with Crippen LogP contribution >= 0.6 is 0 Å². The van der Waals surface area contributed by atoms with Gasteiger partial charge < -0.3 is 4.74 Å². The van der Waals surface area contributed by atoms with Gasteiger partial charge in [-0.2, -0.15) is 0 Å². The maximum absolute atomic E-state index is 12.6. The van der Waals surface area contributed by atoms with E-state index in [2.05, 4.69) is 30.3 Å². The zero-order valence-electron chi connectivity index (χ0n) is 13.1. The molecule has 4 rings (SSSR count). The molecule has 0 aromatic heterocycles. The first kappa shape index (κ1) is 14.3. The zero-order valence-corrected chi connectivity index (χ0v) is 13.1. The van der Waals surface area contributed by atoms with Gasteiger partial charge in [-0.25, -0.2) is 4.79 Å². The number of carbonyl (C=O) groups is 1. The van der Waals surface area contributed by atoms with Crippen LogP contribution in [0.5, 0.6) is 0 Å². The SMILES string of the molecule is O=C(OC1CCCCC1)c1cccc2cc3ccccc3cc12. The van der Waals surface area contributed by atoms with Crippen molar-refractivity contribution in [2.24, 2.45) is 0 Å². The highest BCUT2D eigenvalue weighted by atomic mass is 16.5. The minimum atomic E-state index is -0.183. The molecule has 0 aliphatic heterocycles. The minimum absolute atomic E-state index is 0.0898. The van der Waals surface area contributed by atoms with Crippen LogP contribution in [0.3, 0.4) is 0 Å². The molecule has 3 aromatic carbocycles. The number of benzene rings is 3. The molecule has 0 atom stereocenters. The Morgan fingerprint density at radius 1 is 0.826 bits per heavy atom. The Bertz CT molecular complexity index is 860. The van der Waals surface area contributed by atoms with E-state index in [0.717, 1.165) is 41.8 Å². The van der Waals surface area contributed by atoms with E-state index in [-0.39, 0.29) is 12.1 Å². The molecule has 116 valence electrons. The van der Waals surface area contributed by atoms with Gasteiger partial charge in [-0.05, 0) is 65.4 Å². The number of rotatable bonds is 2. The van der Waals surface area contributed by atoms with Crippen LogP contribution in [0.25, 0.3) is 21.5 Å². The summed E-state index contributed by atoms with van der Waals surface area (Å²) in [7, 11) is 0. The van der Waals surface area contributed by atoms with Crippen molar-refractivity contribution in [3.05, 3.63) is 60.2 Å². The topological polar surface area (TPSA) is 26.3 Å². The molecule has 1 aliphatic rings. The van der Waals surface area contributed by atoms with E-state index in [4.69, 9.17) is 4.74 Å². The summed E-state index contributed by atoms with van der Waals surface area (Å²) in [6, 6.07) is 18.4. The van der Waals surface area contributed by atoms with Crippen molar-refractivity contribution in [3.63, 3.8) is 0 Å². The fraction of sp³-hybridized carbons (Fsp3) is 0.286. The summed E-state index contributed by atoms with van der Waals surface area (Å²) >= 11 is 0. The smallest absolute Gasteiger partial charge is 0.339 e. The number of hydrogen-bond donors (Lipinski definition) is 0. The van der Waals surface area contributed by atoms with Gasteiger partial charge in [0.15, 0.2) is 0 Å². The Morgan fingerprint density at radius 3 is 2.30 bits per heavy atom. The van der Waals surface area contributed by atoms with Gasteiger partial charge >= 0.3 is 5.97 Å². The molecule has 0 saturated heterocycles. The van der Waals surface area contributed by atoms with E-state index >= 15 is 0 Å². The molecule has 3 aromatic rings. The Hall–Kier alpha value is -2.35. The van der Waals surface area contributed by atoms with E-state index in [1.165, 1.54) is 11.8 Å². The summed E-state index contributed by atoms with van der Waals surface area (Å²) in [5.74, 6) is -0.183. The molecule has 0 unspecified atom stereocenters. The summed E-state index contributed by atoms with van der Waals surface area (Å²) in [5, 5.41) is 4.41. The van der Waals surface area contributed by atoms with Crippen LogP contribution in [-0.4, -0.2) is 12.1 Å². The van der Waals surface area contributed by atoms with Gasteiger partial charge in [-0.1, -0.05) is 42.8 Å². The van der Waals surface area contributed by atoms with Crippen molar-refractivity contribution in [3.8, 4) is 0 Å². The summed E-state index contributed by atoms with van der Waals surface area (Å²) in [4.78, 5) is 12.6. The molecule has 2 nitrogen and oxygen atoms in total. The molecule has 0 heterocycles. The zero-order chi connectivity index (χ0) is 15.6. The maximum atomic E-state index is 12.6. The third kappa shape index (κ3) is 2.81. The summed E-state index contributed by atoms with van der Waals surface area (Å²) in [6.45, 7) is 0. The van der Waals surface area contributed by atoms with E-state index < -0.39 is 0 Å². The third-order valence-electron chi connectivity index (χ3n) is 4.79. The van der Waals surface area contributed by atoms with Crippen LogP contribution in [0.15, 0.2) is 54.6 Å². The van der Waals surface area contributed by atoms with Gasteiger partial charge in [0, 0.05) is 0 Å². The largest absolute Gasteiger partial charge is 0.459 e. The molecule has 0 N–H and O–H groups in total. The number of hydrogen-bond acceptors (Lipinski definition) is 2. The monoisotopic (exact) mass is 304 g/mol. The van der Waals surface area contributed by atoms with Gasteiger partial charge in [-0.3, -0.25) is 0 Å². The highest BCUT2D eigenvalue weighted by Crippen LogP contribution is 2.27. The average Bonchev–Trinajstić information content (AvgIpc) is 2.60. The lowest BCUT2D eigenvalue weighted by Crippen LogP contribution is -2.21. The first-order chi connectivity index (χ1) is 11.3. The Kier molecular flexibility index (Phi) is 3.74. The summed E-state index contributed by atoms with van der Waals surface area (Å²) in [5.41, 5.74) is 0.679. The molecule has 1 saturated carbocycles. The van der Waals surface area contributed by atoms with Crippen LogP contribution in [0, 0.1) is 0 Å². The van der Waals surface area contributed by atoms with E-state index in [9.17, 15) is 4.79 Å². The predicted octanol–water partition coefficient (Wildman–Crippen LogP) is 5.48. The number of esters is 1. The van der Waals surface area contributed by atoms with Crippen molar-refractivity contribution in [1.82, 2.24) is 0 Å². The number of fused-ring (bicyclic) bond motifs is 2. The highest BCUT2D eigenvalue weighted by molar-refractivity contribution is 6.08. The molecular weight excluding hydrogens is 284 g/mol. The minimum Gasteiger partial charge on any atom is -0.459 e. The van der Waals surface area contributed by atoms with Gasteiger partial charge in [0.1, 0.15) is 6.10 Å². The lowest BCUT2D eigenvalue weighted by molar-refractivity contribution is 0.0213. The standard InChI is InChI=1S/C21H20O2/c22-21(23-18-10-2-1-3-11-18)19-12-6-9-17-13-15-7-4-5-8-16(15)14-20(17)19/h4-9,12-14,18H,1-3,10-11H2. The van der Waals surface area contributed by atoms with Crippen molar-refractivity contribution in [2.45, 2.75) is 38.2 Å². The van der Waals surface area contributed by atoms with Crippen molar-refractivity contribution in [1.29, 1.82) is 0 Å². The first-order valence-electron chi connectivity index (χ1n) is 8.44. The van der Waals surface area contributed by atoms with Gasteiger partial charge in [0.25, 0.3) is 0 Å². The molecule has 2 heteroatoms. The fourth-order valence-corrected chi connectivity index (χ4v) is 3.54. The number of ether oxygens (including phenoxy) is 1. The second-order valence-corrected chi connectivity index (χ2v) is 6.39. The van der Waals surface area contributed by atoms with Crippen LogP contribution < -0.4 is 0 Å². The van der Waals surface area contributed by atoms with Crippen LogP contribution in [0.2, 0.25) is 0 Å². The molecule has 0 bridgehead atoms. The third-order valence-corrected chi connectivity index (χ3v) is 4.79. The Labute approximate surface area is 136 Å². The maximum Gasteiger partial charge on any atom is 0.339 e. The normalized spacial score (nSPS) is 15.8. The van der Waals surface area contributed by atoms with Crippen molar-refractivity contribution >= 4 is 27.5 Å². The molecular formula is C21H20O2. The predicted molar refractivity (Wildman–Crippen MR) is 93.7 cm³/mol. The van der Waals surface area contributed by atoms with Crippen LogP contribution in [0.1, 0.15) is 42.5 Å². The second kappa shape index (κ2) is 6.04. The molecule has 0 radical (unpaired) electrons. The molecule has 0 spiro atoms. The van der Waals surface area contributed by atoms with E-state index in [0.29, 0.717) is 5.56 Å². The first-order valence-corrected chi connectivity index (χ1v) is 8.44. The van der Waals surface area contributed by atoms with Crippen LogP contribution in [0.4, 0.5) is 0 Å². The van der Waals surface area contributed by atoms with E-state index in [1.54, 1.807) is 0 Å². The van der Waals surface area contributed by atoms with Crippen molar-refractivity contribution in [2.75, 3.05) is 0 Å². The van der Waals surface area contributed by atoms with Crippen molar-refractivity contribution < 1.29 is 9.53 Å². The second-order valence-electron chi connectivity index (χ2n) is 6.39. The van der Waals surface area contributed by atoms with Crippen LogP contribution in [-0.2, 0) is 4.74 Å². The lowest BCUT2D eigenvalue weighted by Gasteiger charge is -2.22. The number of carbonyl (C=O) groups excluding carboxylic acids is 1. The highest BCUT2D eigenvalue weighted by Gasteiger charge is 2.20. The fourth-order valence-electron chi connectivity index (χ4n) is 3.54. The summed E-state index contributed by atoms with van der Waals surface area (Å²) in [6.07, 6.45) is 5.68. The average molecular weight is 304 g/mol. The van der Waals surface area contributed by atoms with Gasteiger partial charge in [0.05, 0.1) is 5.56 Å². The van der Waals surface area contributed by atoms with Gasteiger partial charge in [0.2, 0.25) is 0 Å². The Balaban J connectivity index is 1.73. The van der Waals surface area contributed by atoms with Gasteiger partial charge in [-0.15, -0.1) is 0 Å². The summed E-state index contributed by atoms with van der Waals surface area (Å²) < 4.78 is 5.76. The Morgan fingerprint density at radius 2 is 1.52 bits per heavy atom. The molecule has 1 fully saturated rings. The quantitative estimate of drug-likeness (QED) is 0.462.